The Kier molecular flexibility index (Phi) is 1.80. The van der Waals surface area contributed by atoms with Crippen molar-refractivity contribution in [3.05, 3.63) is 12.7 Å². The molecule has 0 aromatic heterocycles. The van der Waals surface area contributed by atoms with Crippen LogP contribution in [0, 0.1) is 5.41 Å². The number of hydrogen-bond acceptors (Lipinski definition) is 2. The minimum Gasteiger partial charge on any atom is -0.143 e. The average molecular weight is 186 g/mol. The fourth-order valence-electron chi connectivity index (χ4n) is 1.67. The van der Waals surface area contributed by atoms with Gasteiger partial charge in [0.2, 0.25) is 0 Å². The molecule has 0 bridgehead atoms. The Morgan fingerprint density at radius 3 is 2.45 bits per heavy atom. The van der Waals surface area contributed by atoms with Crippen LogP contribution in [0.25, 0.3) is 0 Å². The highest BCUT2D eigenvalue weighted by molar-refractivity contribution is 8.19. The van der Waals surface area contributed by atoms with Gasteiger partial charge >= 0.3 is 0 Å². The van der Waals surface area contributed by atoms with Crippen molar-refractivity contribution in [1.82, 2.24) is 0 Å². The van der Waals surface area contributed by atoms with Crippen LogP contribution in [0.5, 0.6) is 0 Å². The molecule has 1 saturated heterocycles. The van der Waals surface area contributed by atoms with E-state index in [2.05, 4.69) is 43.1 Å². The molecule has 2 rings (SSSR count). The van der Waals surface area contributed by atoms with Gasteiger partial charge in [0, 0.05) is 5.41 Å². The van der Waals surface area contributed by atoms with E-state index >= 15 is 0 Å². The molecule has 1 heterocycles. The number of hydrogen-bond donors (Lipinski definition) is 0. The highest BCUT2D eigenvalue weighted by Crippen LogP contribution is 2.72. The van der Waals surface area contributed by atoms with Crippen LogP contribution in [-0.2, 0) is 0 Å². The highest BCUT2D eigenvalue weighted by atomic mass is 32.2. The van der Waals surface area contributed by atoms with Crippen molar-refractivity contribution in [2.24, 2.45) is 5.41 Å². The van der Waals surface area contributed by atoms with E-state index < -0.39 is 0 Å². The molecule has 2 fully saturated rings. The van der Waals surface area contributed by atoms with Crippen LogP contribution in [0.3, 0.4) is 0 Å². The largest absolute Gasteiger partial charge is 0.143 e. The van der Waals surface area contributed by atoms with Gasteiger partial charge in [0.05, 0.1) is 4.08 Å². The number of allylic oxidation sites excluding steroid dienone is 1. The van der Waals surface area contributed by atoms with Gasteiger partial charge in [-0.15, -0.1) is 30.1 Å². The zero-order chi connectivity index (χ0) is 7.95. The lowest BCUT2D eigenvalue weighted by molar-refractivity contribution is 0.740. The summed E-state index contributed by atoms with van der Waals surface area (Å²) in [5.74, 6) is 2.72. The predicted molar refractivity (Wildman–Crippen MR) is 55.2 cm³/mol. The van der Waals surface area contributed by atoms with Gasteiger partial charge in [-0.3, -0.25) is 0 Å². The summed E-state index contributed by atoms with van der Waals surface area (Å²) >= 11 is 4.31. The molecule has 1 aliphatic carbocycles. The van der Waals surface area contributed by atoms with E-state index in [9.17, 15) is 0 Å². The summed E-state index contributed by atoms with van der Waals surface area (Å²) in [5.41, 5.74) is 0.447. The Balaban J connectivity index is 2.09. The normalized spacial score (nSPS) is 40.5. The number of thioether (sulfide) groups is 2. The molecule has 62 valence electrons. The Morgan fingerprint density at radius 1 is 1.36 bits per heavy atom. The quantitative estimate of drug-likeness (QED) is 0.577. The molecule has 1 unspecified atom stereocenters. The zero-order valence-electron chi connectivity index (χ0n) is 6.93. The van der Waals surface area contributed by atoms with E-state index in [1.165, 1.54) is 24.3 Å². The second-order valence-electron chi connectivity index (χ2n) is 3.60. The number of rotatable bonds is 1. The Hall–Kier alpha value is 0.440. The van der Waals surface area contributed by atoms with Crippen molar-refractivity contribution < 1.29 is 0 Å². The van der Waals surface area contributed by atoms with E-state index in [1.807, 2.05) is 0 Å². The molecule has 1 aliphatic heterocycles. The Bertz CT molecular complexity index is 182. The molecule has 1 atom stereocenters. The Morgan fingerprint density at radius 2 is 2.00 bits per heavy atom. The molecular formula is C9H14S2. The van der Waals surface area contributed by atoms with Gasteiger partial charge in [-0.2, -0.15) is 0 Å². The van der Waals surface area contributed by atoms with Crippen LogP contribution in [-0.4, -0.2) is 15.6 Å². The lowest BCUT2D eigenvalue weighted by atomic mass is 10.1. The summed E-state index contributed by atoms with van der Waals surface area (Å²) in [5, 5.41) is 0. The molecule has 0 radical (unpaired) electrons. The molecule has 1 saturated carbocycles. The summed E-state index contributed by atoms with van der Waals surface area (Å²) < 4.78 is 0.549. The molecule has 0 amide bonds. The second-order valence-corrected chi connectivity index (χ2v) is 6.65. The summed E-state index contributed by atoms with van der Waals surface area (Å²) in [6.07, 6.45) is 4.89. The lowest BCUT2D eigenvalue weighted by Gasteiger charge is -2.24. The Labute approximate surface area is 77.2 Å². The summed E-state index contributed by atoms with van der Waals surface area (Å²) in [6, 6.07) is 0. The van der Waals surface area contributed by atoms with Crippen molar-refractivity contribution in [3.8, 4) is 0 Å². The molecular weight excluding hydrogens is 172 g/mol. The molecule has 11 heavy (non-hydrogen) atoms. The molecule has 0 aromatic rings. The molecule has 0 nitrogen and oxygen atoms in total. The van der Waals surface area contributed by atoms with Crippen molar-refractivity contribution in [1.29, 1.82) is 0 Å². The predicted octanol–water partition coefficient (Wildman–Crippen LogP) is 3.15. The van der Waals surface area contributed by atoms with Crippen LogP contribution in [0.4, 0.5) is 0 Å². The van der Waals surface area contributed by atoms with E-state index in [0.29, 0.717) is 9.49 Å². The molecule has 1 spiro atoms. The van der Waals surface area contributed by atoms with Gasteiger partial charge in [0.25, 0.3) is 0 Å². The summed E-state index contributed by atoms with van der Waals surface area (Å²) in [6.45, 7) is 6.26. The van der Waals surface area contributed by atoms with E-state index in [1.54, 1.807) is 0 Å². The minimum absolute atomic E-state index is 0.447. The maximum Gasteiger partial charge on any atom is 0.0708 e. The van der Waals surface area contributed by atoms with Crippen LogP contribution < -0.4 is 0 Å². The molecule has 0 aromatic carbocycles. The smallest absolute Gasteiger partial charge is 0.0708 e. The van der Waals surface area contributed by atoms with Gasteiger partial charge < -0.3 is 0 Å². The van der Waals surface area contributed by atoms with Gasteiger partial charge in [0.15, 0.2) is 0 Å². The summed E-state index contributed by atoms with van der Waals surface area (Å²) in [4.78, 5) is 0. The molecule has 2 aliphatic rings. The maximum absolute atomic E-state index is 3.92. The SMILES string of the molecule is C=CC1(C)CC12SCCCS2. The first-order valence-corrected chi connectivity index (χ1v) is 6.11. The van der Waals surface area contributed by atoms with Gasteiger partial charge in [-0.25, -0.2) is 0 Å². The average Bonchev–Trinajstić information content (AvgIpc) is 2.59. The third-order valence-electron chi connectivity index (χ3n) is 2.75. The highest BCUT2D eigenvalue weighted by Gasteiger charge is 2.63. The summed E-state index contributed by atoms with van der Waals surface area (Å²) in [7, 11) is 0. The fraction of sp³-hybridized carbons (Fsp3) is 0.778. The zero-order valence-corrected chi connectivity index (χ0v) is 8.56. The van der Waals surface area contributed by atoms with Crippen molar-refractivity contribution in [2.45, 2.75) is 23.8 Å². The minimum atomic E-state index is 0.447. The van der Waals surface area contributed by atoms with Gasteiger partial charge in [-0.1, -0.05) is 13.0 Å². The maximum atomic E-state index is 3.92. The first-order chi connectivity index (χ1) is 5.22. The lowest BCUT2D eigenvalue weighted by Crippen LogP contribution is -2.14. The van der Waals surface area contributed by atoms with E-state index in [-0.39, 0.29) is 0 Å². The van der Waals surface area contributed by atoms with Crippen molar-refractivity contribution >= 4 is 23.5 Å². The van der Waals surface area contributed by atoms with E-state index in [0.717, 1.165) is 0 Å². The first-order valence-electron chi connectivity index (χ1n) is 4.14. The topological polar surface area (TPSA) is 0 Å². The van der Waals surface area contributed by atoms with Crippen LogP contribution >= 0.6 is 23.5 Å². The molecule has 0 N–H and O–H groups in total. The van der Waals surface area contributed by atoms with Gasteiger partial charge in [-0.05, 0) is 24.3 Å². The second kappa shape index (κ2) is 2.46. The van der Waals surface area contributed by atoms with Crippen LogP contribution in [0.2, 0.25) is 0 Å². The van der Waals surface area contributed by atoms with Crippen molar-refractivity contribution in [3.63, 3.8) is 0 Å². The third-order valence-corrected chi connectivity index (χ3v) is 6.60. The van der Waals surface area contributed by atoms with E-state index in [4.69, 9.17) is 0 Å². The van der Waals surface area contributed by atoms with Crippen molar-refractivity contribution in [2.75, 3.05) is 11.5 Å². The van der Waals surface area contributed by atoms with Crippen LogP contribution in [0.1, 0.15) is 19.8 Å². The fourth-order valence-corrected chi connectivity index (χ4v) is 5.56. The van der Waals surface area contributed by atoms with Gasteiger partial charge in [0.1, 0.15) is 0 Å². The monoisotopic (exact) mass is 186 g/mol. The first kappa shape index (κ1) is 8.06. The molecule has 2 heteroatoms. The van der Waals surface area contributed by atoms with Crippen LogP contribution in [0.15, 0.2) is 12.7 Å². The standard InChI is InChI=1S/C9H14S2/c1-3-8(2)7-9(8)10-5-4-6-11-9/h3H,1,4-7H2,2H3. The third kappa shape index (κ3) is 1.06.